The van der Waals surface area contributed by atoms with Crippen LogP contribution in [0.5, 0.6) is 0 Å². The second-order valence-corrected chi connectivity index (χ2v) is 6.84. The Morgan fingerprint density at radius 3 is 2.43 bits per heavy atom. The predicted octanol–water partition coefficient (Wildman–Crippen LogP) is 4.02. The number of nitrogens with zero attached hydrogens (tertiary/aromatic N) is 1. The molecule has 0 aliphatic carbocycles. The molecule has 0 bridgehead atoms. The van der Waals surface area contributed by atoms with E-state index in [2.05, 4.69) is 15.8 Å². The van der Waals surface area contributed by atoms with Gasteiger partial charge in [-0.15, -0.1) is 0 Å². The summed E-state index contributed by atoms with van der Waals surface area (Å²) in [6, 6.07) is 22.1. The Labute approximate surface area is 167 Å². The average Bonchev–Trinajstić information content (AvgIpc) is 3.03. The Morgan fingerprint density at radius 1 is 0.964 bits per heavy atom. The van der Waals surface area contributed by atoms with Gasteiger partial charge in [0.15, 0.2) is 5.71 Å². The normalized spacial score (nSPS) is 13.9. The maximum absolute atomic E-state index is 12.3. The molecule has 4 rings (SSSR count). The smallest absolute Gasteiger partial charge is 0.276 e. The molecule has 0 spiro atoms. The number of hydrogen-bond donors (Lipinski definition) is 2. The zero-order chi connectivity index (χ0) is 19.5. The van der Waals surface area contributed by atoms with E-state index in [4.69, 9.17) is 11.6 Å². The van der Waals surface area contributed by atoms with Crippen LogP contribution in [0.15, 0.2) is 77.9 Å². The molecule has 138 valence electrons. The highest BCUT2D eigenvalue weighted by Gasteiger charge is 2.26. The molecule has 1 aliphatic rings. The number of benzene rings is 3. The summed E-state index contributed by atoms with van der Waals surface area (Å²) in [4.78, 5) is 24.4. The molecule has 0 fully saturated rings. The van der Waals surface area contributed by atoms with Gasteiger partial charge < -0.3 is 5.32 Å². The maximum atomic E-state index is 12.3. The summed E-state index contributed by atoms with van der Waals surface area (Å²) in [5, 5.41) is 7.54. The van der Waals surface area contributed by atoms with Gasteiger partial charge in [-0.05, 0) is 47.9 Å². The molecule has 3 aromatic carbocycles. The SMILES string of the molecule is O=C1Nc2cc(Cc3ccc(Cl)cc3)ccc2/C1=N/NC(=O)c1ccccc1. The number of carbonyl (C=O) groups excluding carboxylic acids is 2. The van der Waals surface area contributed by atoms with Gasteiger partial charge >= 0.3 is 0 Å². The van der Waals surface area contributed by atoms with Crippen molar-refractivity contribution < 1.29 is 9.59 Å². The van der Waals surface area contributed by atoms with E-state index < -0.39 is 0 Å². The van der Waals surface area contributed by atoms with E-state index in [1.54, 1.807) is 24.3 Å². The first-order valence-electron chi connectivity index (χ1n) is 8.72. The standard InChI is InChI=1S/C22H16ClN3O2/c23-17-9-6-14(7-10-17)12-15-8-11-18-19(13-15)24-22(28)20(18)25-26-21(27)16-4-2-1-3-5-16/h1-11,13H,12H2,(H,26,27)(H,24,25,28). The molecule has 0 saturated carbocycles. The minimum absolute atomic E-state index is 0.192. The van der Waals surface area contributed by atoms with Crippen LogP contribution in [0.1, 0.15) is 27.0 Å². The van der Waals surface area contributed by atoms with Gasteiger partial charge in [0.2, 0.25) is 0 Å². The van der Waals surface area contributed by atoms with Gasteiger partial charge in [0.1, 0.15) is 0 Å². The van der Waals surface area contributed by atoms with Crippen LogP contribution in [-0.2, 0) is 11.2 Å². The molecule has 0 aromatic heterocycles. The fourth-order valence-electron chi connectivity index (χ4n) is 3.02. The van der Waals surface area contributed by atoms with Crippen molar-refractivity contribution in [3.63, 3.8) is 0 Å². The summed E-state index contributed by atoms with van der Waals surface area (Å²) >= 11 is 5.92. The Bertz CT molecular complexity index is 1080. The van der Waals surface area contributed by atoms with Crippen molar-refractivity contribution in [3.05, 3.63) is 100 Å². The van der Waals surface area contributed by atoms with Crippen molar-refractivity contribution in [1.82, 2.24) is 5.43 Å². The average molecular weight is 390 g/mol. The first-order valence-corrected chi connectivity index (χ1v) is 9.10. The lowest BCUT2D eigenvalue weighted by Gasteiger charge is -2.05. The third kappa shape index (κ3) is 3.80. The van der Waals surface area contributed by atoms with E-state index in [-0.39, 0.29) is 17.5 Å². The van der Waals surface area contributed by atoms with E-state index in [1.807, 2.05) is 48.5 Å². The Morgan fingerprint density at radius 2 is 1.68 bits per heavy atom. The molecule has 0 atom stereocenters. The molecule has 0 unspecified atom stereocenters. The number of anilines is 1. The van der Waals surface area contributed by atoms with Gasteiger partial charge in [-0.25, -0.2) is 5.43 Å². The number of hydrogen-bond acceptors (Lipinski definition) is 3. The fraction of sp³-hybridized carbons (Fsp3) is 0.0455. The molecule has 5 nitrogen and oxygen atoms in total. The first-order chi connectivity index (χ1) is 13.6. The lowest BCUT2D eigenvalue weighted by molar-refractivity contribution is -0.110. The van der Waals surface area contributed by atoms with Crippen LogP contribution in [0.4, 0.5) is 5.69 Å². The summed E-state index contributed by atoms with van der Waals surface area (Å²) in [5.74, 6) is -0.708. The van der Waals surface area contributed by atoms with Crippen LogP contribution >= 0.6 is 11.6 Å². The first kappa shape index (κ1) is 17.9. The van der Waals surface area contributed by atoms with Crippen molar-refractivity contribution in [1.29, 1.82) is 0 Å². The third-order valence-corrected chi connectivity index (χ3v) is 4.68. The summed E-state index contributed by atoms with van der Waals surface area (Å²) in [5.41, 5.74) is 6.64. The minimum Gasteiger partial charge on any atom is -0.320 e. The summed E-state index contributed by atoms with van der Waals surface area (Å²) in [7, 11) is 0. The molecule has 1 heterocycles. The molecule has 3 aromatic rings. The second-order valence-electron chi connectivity index (χ2n) is 6.40. The largest absolute Gasteiger partial charge is 0.320 e. The summed E-state index contributed by atoms with van der Waals surface area (Å²) < 4.78 is 0. The van der Waals surface area contributed by atoms with Crippen LogP contribution in [0.25, 0.3) is 0 Å². The lowest BCUT2D eigenvalue weighted by Crippen LogP contribution is -2.23. The van der Waals surface area contributed by atoms with Gasteiger partial charge in [-0.2, -0.15) is 5.10 Å². The van der Waals surface area contributed by atoms with Gasteiger partial charge in [0, 0.05) is 16.1 Å². The highest BCUT2D eigenvalue weighted by atomic mass is 35.5. The van der Waals surface area contributed by atoms with Crippen molar-refractivity contribution >= 4 is 34.8 Å². The number of carbonyl (C=O) groups is 2. The minimum atomic E-state index is -0.367. The molecular formula is C22H16ClN3O2. The van der Waals surface area contributed by atoms with Crippen molar-refractivity contribution in [2.24, 2.45) is 5.10 Å². The van der Waals surface area contributed by atoms with E-state index >= 15 is 0 Å². The Balaban J connectivity index is 1.53. The number of amides is 2. The molecule has 0 saturated heterocycles. The number of hydrazone groups is 1. The zero-order valence-electron chi connectivity index (χ0n) is 14.8. The summed E-state index contributed by atoms with van der Waals surface area (Å²) in [6.07, 6.45) is 0.720. The van der Waals surface area contributed by atoms with Crippen molar-refractivity contribution in [2.45, 2.75) is 6.42 Å². The molecule has 0 radical (unpaired) electrons. The second kappa shape index (κ2) is 7.66. The maximum Gasteiger partial charge on any atom is 0.276 e. The molecule has 2 N–H and O–H groups in total. The van der Waals surface area contributed by atoms with Crippen LogP contribution < -0.4 is 10.7 Å². The van der Waals surface area contributed by atoms with E-state index in [0.29, 0.717) is 21.8 Å². The van der Waals surface area contributed by atoms with Gasteiger partial charge in [0.05, 0.1) is 5.69 Å². The third-order valence-electron chi connectivity index (χ3n) is 4.43. The van der Waals surface area contributed by atoms with E-state index in [0.717, 1.165) is 17.5 Å². The topological polar surface area (TPSA) is 70.6 Å². The number of rotatable bonds is 4. The lowest BCUT2D eigenvalue weighted by atomic mass is 10.0. The fourth-order valence-corrected chi connectivity index (χ4v) is 3.15. The molecular weight excluding hydrogens is 374 g/mol. The predicted molar refractivity (Wildman–Crippen MR) is 110 cm³/mol. The van der Waals surface area contributed by atoms with Crippen LogP contribution in [0, 0.1) is 0 Å². The molecule has 28 heavy (non-hydrogen) atoms. The van der Waals surface area contributed by atoms with E-state index in [1.165, 1.54) is 0 Å². The summed E-state index contributed by atoms with van der Waals surface area (Å²) in [6.45, 7) is 0. The molecule has 2 amide bonds. The van der Waals surface area contributed by atoms with Crippen LogP contribution in [0.2, 0.25) is 5.02 Å². The quantitative estimate of drug-likeness (QED) is 0.662. The van der Waals surface area contributed by atoms with Crippen molar-refractivity contribution in [2.75, 3.05) is 5.32 Å². The van der Waals surface area contributed by atoms with E-state index in [9.17, 15) is 9.59 Å². The monoisotopic (exact) mass is 389 g/mol. The highest BCUT2D eigenvalue weighted by molar-refractivity contribution is 6.53. The highest BCUT2D eigenvalue weighted by Crippen LogP contribution is 2.26. The molecule has 6 heteroatoms. The van der Waals surface area contributed by atoms with Crippen LogP contribution in [0.3, 0.4) is 0 Å². The zero-order valence-corrected chi connectivity index (χ0v) is 15.5. The number of halogens is 1. The number of nitrogens with one attached hydrogen (secondary N) is 2. The Hall–Kier alpha value is -3.44. The Kier molecular flexibility index (Phi) is 4.91. The van der Waals surface area contributed by atoms with Crippen molar-refractivity contribution in [3.8, 4) is 0 Å². The van der Waals surface area contributed by atoms with Crippen LogP contribution in [-0.4, -0.2) is 17.5 Å². The number of fused-ring (bicyclic) bond motifs is 1. The molecule has 1 aliphatic heterocycles. The van der Waals surface area contributed by atoms with Gasteiger partial charge in [-0.3, -0.25) is 9.59 Å². The van der Waals surface area contributed by atoms with Gasteiger partial charge in [-0.1, -0.05) is 54.1 Å². The van der Waals surface area contributed by atoms with Gasteiger partial charge in [0.25, 0.3) is 11.8 Å².